The molecule has 4 nitrogen and oxygen atoms in total. The quantitative estimate of drug-likeness (QED) is 0.903. The first kappa shape index (κ1) is 13.1. The summed E-state index contributed by atoms with van der Waals surface area (Å²) in [6.07, 6.45) is 8.62. The van der Waals surface area contributed by atoms with Gasteiger partial charge in [-0.05, 0) is 31.6 Å². The van der Waals surface area contributed by atoms with E-state index in [0.29, 0.717) is 0 Å². The Labute approximate surface area is 117 Å². The minimum atomic E-state index is -0.0937. The predicted octanol–water partition coefficient (Wildman–Crippen LogP) is 2.43. The summed E-state index contributed by atoms with van der Waals surface area (Å²) in [5.41, 5.74) is 0.960. The molecular formula is C14H21N3OS. The van der Waals surface area contributed by atoms with Crippen molar-refractivity contribution in [2.75, 3.05) is 6.61 Å². The van der Waals surface area contributed by atoms with Crippen LogP contribution in [0.4, 0.5) is 0 Å². The average molecular weight is 279 g/mol. The third-order valence-electron chi connectivity index (χ3n) is 4.32. The number of nitrogens with zero attached hydrogens (tertiary/aromatic N) is 2. The molecule has 0 unspecified atom stereocenters. The lowest BCUT2D eigenvalue weighted by Gasteiger charge is -2.38. The van der Waals surface area contributed by atoms with Crippen molar-refractivity contribution in [1.82, 2.24) is 14.7 Å². The highest BCUT2D eigenvalue weighted by molar-refractivity contribution is 7.15. The highest BCUT2D eigenvalue weighted by Crippen LogP contribution is 2.31. The molecule has 1 fully saturated rings. The van der Waals surface area contributed by atoms with E-state index in [9.17, 15) is 5.11 Å². The van der Waals surface area contributed by atoms with Crippen molar-refractivity contribution < 1.29 is 5.11 Å². The second-order valence-corrected chi connectivity index (χ2v) is 6.67. The van der Waals surface area contributed by atoms with E-state index in [4.69, 9.17) is 0 Å². The van der Waals surface area contributed by atoms with E-state index < -0.39 is 0 Å². The first-order valence-corrected chi connectivity index (χ1v) is 7.86. The van der Waals surface area contributed by atoms with Gasteiger partial charge in [0.1, 0.15) is 0 Å². The highest BCUT2D eigenvalue weighted by Gasteiger charge is 2.33. The van der Waals surface area contributed by atoms with Gasteiger partial charge >= 0.3 is 0 Å². The molecule has 0 bridgehead atoms. The minimum Gasteiger partial charge on any atom is -0.394 e. The minimum absolute atomic E-state index is 0.0937. The van der Waals surface area contributed by atoms with E-state index in [-0.39, 0.29) is 12.1 Å². The van der Waals surface area contributed by atoms with Gasteiger partial charge in [0.05, 0.1) is 12.3 Å². The van der Waals surface area contributed by atoms with E-state index in [2.05, 4.69) is 27.8 Å². The Balaban J connectivity index is 1.65. The van der Waals surface area contributed by atoms with Crippen LogP contribution in [-0.2, 0) is 6.54 Å². The molecule has 0 aliphatic heterocycles. The van der Waals surface area contributed by atoms with Crippen molar-refractivity contribution in [2.45, 2.75) is 44.7 Å². The molecule has 1 aliphatic carbocycles. The van der Waals surface area contributed by atoms with Crippen LogP contribution in [0.3, 0.4) is 0 Å². The van der Waals surface area contributed by atoms with Crippen LogP contribution in [0, 0.1) is 5.92 Å². The number of hydrogen-bond donors (Lipinski definition) is 2. The van der Waals surface area contributed by atoms with E-state index in [1.807, 2.05) is 11.6 Å². The Hall–Kier alpha value is -0.910. The van der Waals surface area contributed by atoms with E-state index in [1.165, 1.54) is 12.8 Å². The molecule has 3 rings (SSSR count). The maximum Gasteiger partial charge on any atom is 0.193 e. The van der Waals surface area contributed by atoms with E-state index in [0.717, 1.165) is 36.0 Å². The molecular weight excluding hydrogens is 258 g/mol. The number of rotatable bonds is 4. The number of hydrogen-bond acceptors (Lipinski definition) is 4. The molecule has 0 atom stereocenters. The van der Waals surface area contributed by atoms with Gasteiger partial charge in [-0.25, -0.2) is 4.98 Å². The molecule has 19 heavy (non-hydrogen) atoms. The lowest BCUT2D eigenvalue weighted by molar-refractivity contribution is 0.104. The largest absolute Gasteiger partial charge is 0.394 e. The van der Waals surface area contributed by atoms with Gasteiger partial charge in [0.2, 0.25) is 0 Å². The third kappa shape index (κ3) is 2.68. The third-order valence-corrected chi connectivity index (χ3v) is 5.09. The van der Waals surface area contributed by atoms with Crippen LogP contribution >= 0.6 is 11.3 Å². The second-order valence-electron chi connectivity index (χ2n) is 5.80. The number of aliphatic hydroxyl groups is 1. The molecule has 104 valence electrons. The zero-order valence-electron chi connectivity index (χ0n) is 11.3. The number of nitrogens with one attached hydrogen (secondary N) is 1. The molecule has 2 heterocycles. The maximum absolute atomic E-state index is 9.72. The Kier molecular flexibility index (Phi) is 3.60. The summed E-state index contributed by atoms with van der Waals surface area (Å²) in [4.78, 5) is 5.61. The molecule has 1 saturated carbocycles. The van der Waals surface area contributed by atoms with Gasteiger partial charge in [0.15, 0.2) is 4.96 Å². The van der Waals surface area contributed by atoms with Gasteiger partial charge in [0.25, 0.3) is 0 Å². The molecule has 2 aromatic heterocycles. The zero-order chi connectivity index (χ0) is 13.3. The monoisotopic (exact) mass is 279 g/mol. The Bertz CT molecular complexity index is 511. The Morgan fingerprint density at radius 3 is 3.00 bits per heavy atom. The molecule has 1 aliphatic rings. The molecule has 2 aromatic rings. The Morgan fingerprint density at radius 1 is 1.53 bits per heavy atom. The lowest BCUT2D eigenvalue weighted by atomic mass is 9.77. The fraction of sp³-hybridized carbons (Fsp3) is 0.643. The number of aliphatic hydroxyl groups excluding tert-OH is 1. The average Bonchev–Trinajstić information content (AvgIpc) is 2.99. The van der Waals surface area contributed by atoms with Gasteiger partial charge < -0.3 is 10.4 Å². The van der Waals surface area contributed by atoms with Gasteiger partial charge in [0, 0.05) is 29.9 Å². The van der Waals surface area contributed by atoms with Crippen molar-refractivity contribution in [2.24, 2.45) is 5.92 Å². The lowest BCUT2D eigenvalue weighted by Crippen LogP contribution is -2.50. The first-order valence-electron chi connectivity index (χ1n) is 6.98. The van der Waals surface area contributed by atoms with Crippen LogP contribution in [0.25, 0.3) is 4.96 Å². The van der Waals surface area contributed by atoms with Gasteiger partial charge in [-0.1, -0.05) is 6.92 Å². The summed E-state index contributed by atoms with van der Waals surface area (Å²) < 4.78 is 2.05. The van der Waals surface area contributed by atoms with Gasteiger partial charge in [-0.3, -0.25) is 4.40 Å². The van der Waals surface area contributed by atoms with Crippen LogP contribution < -0.4 is 5.32 Å². The standard InChI is InChI=1S/C14H21N3OS/c1-11-2-4-14(10-18,5-3-11)15-8-12-9-17-6-7-19-13(17)16-12/h6-7,9,11,15,18H,2-5,8,10H2,1H3. The fourth-order valence-electron chi connectivity index (χ4n) is 2.84. The van der Waals surface area contributed by atoms with Gasteiger partial charge in [-0.15, -0.1) is 11.3 Å². The van der Waals surface area contributed by atoms with E-state index >= 15 is 0 Å². The van der Waals surface area contributed by atoms with Crippen LogP contribution in [0.2, 0.25) is 0 Å². The maximum atomic E-state index is 9.72. The summed E-state index contributed by atoms with van der Waals surface area (Å²) in [6, 6.07) is 0. The van der Waals surface area contributed by atoms with Crippen molar-refractivity contribution in [3.8, 4) is 0 Å². The van der Waals surface area contributed by atoms with Crippen molar-refractivity contribution >= 4 is 16.3 Å². The molecule has 5 heteroatoms. The summed E-state index contributed by atoms with van der Waals surface area (Å²) in [7, 11) is 0. The molecule has 0 spiro atoms. The molecule has 0 amide bonds. The number of aromatic nitrogens is 2. The van der Waals surface area contributed by atoms with Crippen molar-refractivity contribution in [1.29, 1.82) is 0 Å². The van der Waals surface area contributed by atoms with Crippen molar-refractivity contribution in [3.05, 3.63) is 23.5 Å². The zero-order valence-corrected chi connectivity index (χ0v) is 12.1. The van der Waals surface area contributed by atoms with Crippen molar-refractivity contribution in [3.63, 3.8) is 0 Å². The highest BCUT2D eigenvalue weighted by atomic mass is 32.1. The normalized spacial score (nSPS) is 28.0. The molecule has 0 aromatic carbocycles. The Morgan fingerprint density at radius 2 is 2.32 bits per heavy atom. The number of imidazole rings is 1. The van der Waals surface area contributed by atoms with Gasteiger partial charge in [-0.2, -0.15) is 0 Å². The second kappa shape index (κ2) is 5.23. The van der Waals surface area contributed by atoms with Crippen LogP contribution in [0.5, 0.6) is 0 Å². The fourth-order valence-corrected chi connectivity index (χ4v) is 3.56. The summed E-state index contributed by atoms with van der Waals surface area (Å²) >= 11 is 1.65. The molecule has 0 radical (unpaired) electrons. The van der Waals surface area contributed by atoms with Crippen LogP contribution in [0.1, 0.15) is 38.3 Å². The SMILES string of the molecule is CC1CCC(CO)(NCc2cn3ccsc3n2)CC1. The van der Waals surface area contributed by atoms with Crippen LogP contribution in [0.15, 0.2) is 17.8 Å². The predicted molar refractivity (Wildman–Crippen MR) is 77.4 cm³/mol. The molecule has 2 N–H and O–H groups in total. The summed E-state index contributed by atoms with van der Waals surface area (Å²) in [6.45, 7) is 3.26. The van der Waals surface area contributed by atoms with E-state index in [1.54, 1.807) is 11.3 Å². The first-order chi connectivity index (χ1) is 9.21. The molecule has 0 saturated heterocycles. The summed E-state index contributed by atoms with van der Waals surface area (Å²) in [5, 5.41) is 15.3. The number of thiazole rings is 1. The summed E-state index contributed by atoms with van der Waals surface area (Å²) in [5.74, 6) is 0.791. The van der Waals surface area contributed by atoms with Crippen LogP contribution in [-0.4, -0.2) is 26.6 Å². The number of fused-ring (bicyclic) bond motifs is 1. The smallest absolute Gasteiger partial charge is 0.193 e. The topological polar surface area (TPSA) is 49.6 Å².